The van der Waals surface area contributed by atoms with Crippen molar-refractivity contribution in [3.05, 3.63) is 53.4 Å². The molecule has 0 radical (unpaired) electrons. The molecule has 168 valence electrons. The zero-order valence-corrected chi connectivity index (χ0v) is 19.0. The van der Waals surface area contributed by atoms with E-state index in [4.69, 9.17) is 4.52 Å². The lowest BCUT2D eigenvalue weighted by atomic mass is 9.99. The van der Waals surface area contributed by atoms with Crippen LogP contribution in [0.5, 0.6) is 0 Å². The van der Waals surface area contributed by atoms with Crippen LogP contribution in [0.15, 0.2) is 46.1 Å². The molecule has 0 saturated carbocycles. The summed E-state index contributed by atoms with van der Waals surface area (Å²) in [6.07, 6.45) is 4.29. The molecule has 2 aliphatic heterocycles. The molecule has 0 unspecified atom stereocenters. The summed E-state index contributed by atoms with van der Waals surface area (Å²) in [7, 11) is 1.87. The number of piperazine rings is 1. The van der Waals surface area contributed by atoms with Crippen LogP contribution in [0.25, 0.3) is 0 Å². The van der Waals surface area contributed by atoms with Crippen LogP contribution in [-0.4, -0.2) is 72.1 Å². The van der Waals surface area contributed by atoms with Gasteiger partial charge in [-0.15, -0.1) is 0 Å². The molecule has 0 aliphatic carbocycles. The zero-order valence-electron chi connectivity index (χ0n) is 19.0. The molecule has 3 heterocycles. The molecule has 0 spiro atoms. The number of guanidine groups is 1. The minimum atomic E-state index is 0.799. The number of aliphatic imine (C=N–C) groups is 1. The van der Waals surface area contributed by atoms with Crippen LogP contribution in [0, 0.1) is 5.92 Å². The molecule has 7 heteroatoms. The van der Waals surface area contributed by atoms with Crippen molar-refractivity contribution in [2.24, 2.45) is 10.9 Å². The maximum atomic E-state index is 4.94. The topological polar surface area (TPSA) is 60.1 Å². The number of nitrogens with zero attached hydrogens (tertiary/aromatic N) is 5. The minimum absolute atomic E-state index is 0.799. The SMILES string of the molecule is CN=C(NCc1ccc(CN2CCC(C)CC2)cc1)N1CCN(Cc2ccon2)CC1. The lowest BCUT2D eigenvalue weighted by Crippen LogP contribution is -2.52. The van der Waals surface area contributed by atoms with Crippen LogP contribution in [0.1, 0.15) is 36.6 Å². The first-order chi connectivity index (χ1) is 15.2. The second-order valence-corrected chi connectivity index (χ2v) is 8.93. The Labute approximate surface area is 186 Å². The molecule has 1 aromatic carbocycles. The molecule has 31 heavy (non-hydrogen) atoms. The Hall–Kier alpha value is -2.38. The van der Waals surface area contributed by atoms with Crippen molar-refractivity contribution in [1.29, 1.82) is 0 Å². The quantitative estimate of drug-likeness (QED) is 0.568. The number of nitrogens with one attached hydrogen (secondary N) is 1. The monoisotopic (exact) mass is 424 g/mol. The van der Waals surface area contributed by atoms with Crippen molar-refractivity contribution < 1.29 is 4.52 Å². The van der Waals surface area contributed by atoms with E-state index in [1.807, 2.05) is 13.1 Å². The van der Waals surface area contributed by atoms with E-state index >= 15 is 0 Å². The first-order valence-electron chi connectivity index (χ1n) is 11.6. The maximum Gasteiger partial charge on any atom is 0.194 e. The highest BCUT2D eigenvalue weighted by molar-refractivity contribution is 5.80. The van der Waals surface area contributed by atoms with Gasteiger partial charge < -0.3 is 14.7 Å². The van der Waals surface area contributed by atoms with Crippen LogP contribution in [0.3, 0.4) is 0 Å². The van der Waals surface area contributed by atoms with Crippen molar-refractivity contribution in [1.82, 2.24) is 25.2 Å². The van der Waals surface area contributed by atoms with Gasteiger partial charge in [-0.05, 0) is 43.0 Å². The summed E-state index contributed by atoms with van der Waals surface area (Å²) in [6, 6.07) is 11.0. The average molecular weight is 425 g/mol. The molecule has 2 saturated heterocycles. The molecule has 0 bridgehead atoms. The molecule has 2 fully saturated rings. The smallest absolute Gasteiger partial charge is 0.194 e. The minimum Gasteiger partial charge on any atom is -0.364 e. The third kappa shape index (κ3) is 6.31. The summed E-state index contributed by atoms with van der Waals surface area (Å²) in [4.78, 5) is 11.8. The highest BCUT2D eigenvalue weighted by atomic mass is 16.5. The van der Waals surface area contributed by atoms with E-state index in [-0.39, 0.29) is 0 Å². The molecule has 7 nitrogen and oxygen atoms in total. The molecule has 2 aromatic rings. The highest BCUT2D eigenvalue weighted by Crippen LogP contribution is 2.18. The van der Waals surface area contributed by atoms with Crippen molar-refractivity contribution in [3.8, 4) is 0 Å². The van der Waals surface area contributed by atoms with Crippen molar-refractivity contribution >= 4 is 5.96 Å². The second-order valence-electron chi connectivity index (χ2n) is 8.93. The number of aromatic nitrogens is 1. The third-order valence-corrected chi connectivity index (χ3v) is 6.52. The highest BCUT2D eigenvalue weighted by Gasteiger charge is 2.20. The molecule has 4 rings (SSSR count). The van der Waals surface area contributed by atoms with Crippen molar-refractivity contribution in [2.45, 2.75) is 39.4 Å². The summed E-state index contributed by atoms with van der Waals surface area (Å²) in [5, 5.41) is 7.56. The van der Waals surface area contributed by atoms with Gasteiger partial charge >= 0.3 is 0 Å². The summed E-state index contributed by atoms with van der Waals surface area (Å²) in [6.45, 7) is 11.5. The first-order valence-corrected chi connectivity index (χ1v) is 11.6. The molecule has 0 amide bonds. The predicted octanol–water partition coefficient (Wildman–Crippen LogP) is 2.80. The Morgan fingerprint density at radius 1 is 0.968 bits per heavy atom. The van der Waals surface area contributed by atoms with Crippen LogP contribution in [0.2, 0.25) is 0 Å². The van der Waals surface area contributed by atoms with Crippen LogP contribution < -0.4 is 5.32 Å². The Morgan fingerprint density at radius 3 is 2.29 bits per heavy atom. The van der Waals surface area contributed by atoms with E-state index in [0.29, 0.717) is 0 Å². The van der Waals surface area contributed by atoms with Gasteiger partial charge in [-0.2, -0.15) is 0 Å². The Kier molecular flexibility index (Phi) is 7.59. The molecule has 1 aromatic heterocycles. The first kappa shape index (κ1) is 21.8. The van der Waals surface area contributed by atoms with Gasteiger partial charge in [0.25, 0.3) is 0 Å². The van der Waals surface area contributed by atoms with Gasteiger partial charge in [-0.25, -0.2) is 0 Å². The second kappa shape index (κ2) is 10.8. The Balaban J connectivity index is 1.21. The van der Waals surface area contributed by atoms with Gasteiger partial charge in [-0.1, -0.05) is 36.3 Å². The van der Waals surface area contributed by atoms with E-state index in [2.05, 4.69) is 61.4 Å². The number of piperidine rings is 1. The fourth-order valence-corrected chi connectivity index (χ4v) is 4.42. The molecule has 0 atom stereocenters. The molecule has 2 aliphatic rings. The van der Waals surface area contributed by atoms with E-state index < -0.39 is 0 Å². The van der Waals surface area contributed by atoms with Crippen LogP contribution in [0.4, 0.5) is 0 Å². The number of benzene rings is 1. The number of hydrogen-bond donors (Lipinski definition) is 1. The lowest BCUT2D eigenvalue weighted by Gasteiger charge is -2.36. The number of hydrogen-bond acceptors (Lipinski definition) is 5. The van der Waals surface area contributed by atoms with Gasteiger partial charge in [0, 0.05) is 58.9 Å². The number of likely N-dealkylation sites (tertiary alicyclic amines) is 1. The number of rotatable bonds is 6. The van der Waals surface area contributed by atoms with Gasteiger partial charge in [-0.3, -0.25) is 14.8 Å². The molecule has 1 N–H and O–H groups in total. The largest absolute Gasteiger partial charge is 0.364 e. The maximum absolute atomic E-state index is 4.94. The van der Waals surface area contributed by atoms with E-state index in [9.17, 15) is 0 Å². The standard InChI is InChI=1S/C24H36N6O/c1-20-7-10-28(11-8-20)18-22-5-3-21(4-6-22)17-26-24(25-2)30-14-12-29(13-15-30)19-23-9-16-31-27-23/h3-6,9,16,20H,7-8,10-15,17-19H2,1-2H3,(H,25,26). The fraction of sp³-hybridized carbons (Fsp3) is 0.583. The zero-order chi connectivity index (χ0) is 21.5. The summed E-state index contributed by atoms with van der Waals surface area (Å²) in [5.41, 5.74) is 3.70. The van der Waals surface area contributed by atoms with Gasteiger partial charge in [0.1, 0.15) is 6.26 Å². The van der Waals surface area contributed by atoms with Gasteiger partial charge in [0.2, 0.25) is 0 Å². The molecular weight excluding hydrogens is 388 g/mol. The van der Waals surface area contributed by atoms with Crippen molar-refractivity contribution in [2.75, 3.05) is 46.3 Å². The predicted molar refractivity (Wildman–Crippen MR) is 124 cm³/mol. The fourth-order valence-electron chi connectivity index (χ4n) is 4.42. The van der Waals surface area contributed by atoms with Gasteiger partial charge in [0.15, 0.2) is 5.96 Å². The van der Waals surface area contributed by atoms with Gasteiger partial charge in [0.05, 0.1) is 5.69 Å². The van der Waals surface area contributed by atoms with Crippen molar-refractivity contribution in [3.63, 3.8) is 0 Å². The summed E-state index contributed by atoms with van der Waals surface area (Å²) >= 11 is 0. The Morgan fingerprint density at radius 2 is 1.65 bits per heavy atom. The molecular formula is C24H36N6O. The normalized spacial score (nSPS) is 19.7. The average Bonchev–Trinajstić information content (AvgIpc) is 3.31. The van der Waals surface area contributed by atoms with Crippen LogP contribution in [-0.2, 0) is 19.6 Å². The van der Waals surface area contributed by atoms with E-state index in [1.54, 1.807) is 6.26 Å². The summed E-state index contributed by atoms with van der Waals surface area (Å²) < 4.78 is 4.94. The third-order valence-electron chi connectivity index (χ3n) is 6.52. The van der Waals surface area contributed by atoms with E-state index in [0.717, 1.165) is 63.4 Å². The lowest BCUT2D eigenvalue weighted by molar-refractivity contribution is 0.169. The Bertz CT molecular complexity index is 803. The van der Waals surface area contributed by atoms with E-state index in [1.165, 1.54) is 37.1 Å². The van der Waals surface area contributed by atoms with Crippen LogP contribution >= 0.6 is 0 Å². The summed E-state index contributed by atoms with van der Waals surface area (Å²) in [5.74, 6) is 1.86.